The third-order valence-electron chi connectivity index (χ3n) is 4.68. The molecule has 0 bridgehead atoms. The van der Waals surface area contributed by atoms with Crippen LogP contribution in [0.15, 0.2) is 0 Å². The molecule has 1 rings (SSSR count). The molecule has 1 aliphatic rings. The SMILES string of the molecule is [C-]#[N+][C@]1(Cl)O[C@](Cl)(C(O)C(C)=O)[C@](O)(C(C)=O)[C@@](O)(C(C)=O)[C@]1(O)C(C)=O. The summed E-state index contributed by atoms with van der Waals surface area (Å²) in [5.41, 5.74) is -11.4. The monoisotopic (exact) mass is 425 g/mol. The van der Waals surface area contributed by atoms with Gasteiger partial charge in [0.1, 0.15) is 0 Å². The molecule has 10 nitrogen and oxygen atoms in total. The number of nitrogens with zero attached hydrogens (tertiary/aromatic N) is 1. The summed E-state index contributed by atoms with van der Waals surface area (Å²) in [4.78, 5) is 51.2. The highest BCUT2D eigenvalue weighted by atomic mass is 35.5. The molecular formula is C15H17Cl2NO9. The maximum atomic E-state index is 12.3. The molecule has 1 saturated heterocycles. The zero-order valence-corrected chi connectivity index (χ0v) is 16.1. The van der Waals surface area contributed by atoms with E-state index >= 15 is 0 Å². The van der Waals surface area contributed by atoms with E-state index in [4.69, 9.17) is 34.5 Å². The van der Waals surface area contributed by atoms with E-state index in [-0.39, 0.29) is 0 Å². The van der Waals surface area contributed by atoms with Gasteiger partial charge in [-0.05, 0) is 27.7 Å². The van der Waals surface area contributed by atoms with E-state index in [1.165, 1.54) is 0 Å². The van der Waals surface area contributed by atoms with Gasteiger partial charge in [-0.1, -0.05) is 11.6 Å². The van der Waals surface area contributed by atoms with E-state index in [0.717, 1.165) is 6.92 Å². The number of carbonyl (C=O) groups is 4. The minimum atomic E-state index is -3.87. The van der Waals surface area contributed by atoms with Gasteiger partial charge in [0, 0.05) is 11.6 Å². The van der Waals surface area contributed by atoms with E-state index in [9.17, 15) is 39.6 Å². The first-order valence-corrected chi connectivity index (χ1v) is 8.06. The number of rotatable bonds is 5. The molecule has 6 atom stereocenters. The van der Waals surface area contributed by atoms with E-state index in [0.29, 0.717) is 20.8 Å². The topological polar surface area (TPSA) is 163 Å². The molecule has 0 spiro atoms. The molecule has 1 heterocycles. The number of halogens is 2. The maximum absolute atomic E-state index is 12.3. The van der Waals surface area contributed by atoms with Crippen molar-refractivity contribution in [3.05, 3.63) is 11.4 Å². The van der Waals surface area contributed by atoms with Crippen LogP contribution >= 0.6 is 23.2 Å². The van der Waals surface area contributed by atoms with Crippen molar-refractivity contribution in [2.24, 2.45) is 0 Å². The van der Waals surface area contributed by atoms with Gasteiger partial charge in [-0.3, -0.25) is 28.8 Å². The first-order valence-electron chi connectivity index (χ1n) is 7.31. The normalized spacial score (nSPS) is 42.7. The quantitative estimate of drug-likeness (QED) is 0.237. The summed E-state index contributed by atoms with van der Waals surface area (Å²) in [6.07, 6.45) is -2.62. The zero-order chi connectivity index (χ0) is 21.8. The molecule has 0 aromatic rings. The van der Waals surface area contributed by atoms with E-state index in [2.05, 4.69) is 4.85 Å². The fraction of sp³-hybridized carbons (Fsp3) is 0.667. The largest absolute Gasteiger partial charge is 0.459 e. The molecule has 0 saturated carbocycles. The van der Waals surface area contributed by atoms with E-state index < -0.39 is 56.3 Å². The third kappa shape index (κ3) is 2.44. The predicted molar refractivity (Wildman–Crippen MR) is 88.4 cm³/mol. The number of carbonyl (C=O) groups excluding carboxylic acids is 4. The second kappa shape index (κ2) is 6.56. The molecule has 1 unspecified atom stereocenters. The highest BCUT2D eigenvalue weighted by molar-refractivity contribution is 6.33. The van der Waals surface area contributed by atoms with Crippen molar-refractivity contribution in [1.82, 2.24) is 0 Å². The molecule has 0 radical (unpaired) electrons. The smallest absolute Gasteiger partial charge is 0.381 e. The van der Waals surface area contributed by atoms with Crippen molar-refractivity contribution >= 4 is 46.3 Å². The Bertz CT molecular complexity index is 782. The Kier molecular flexibility index (Phi) is 5.73. The highest BCUT2D eigenvalue weighted by Gasteiger charge is 2.91. The summed E-state index contributed by atoms with van der Waals surface area (Å²) in [5, 5.41) is 36.3. The van der Waals surface area contributed by atoms with Crippen LogP contribution in [0.2, 0.25) is 0 Å². The van der Waals surface area contributed by atoms with Gasteiger partial charge in [0.25, 0.3) is 5.60 Å². The van der Waals surface area contributed by atoms with E-state index in [1.807, 2.05) is 0 Å². The van der Waals surface area contributed by atoms with Crippen molar-refractivity contribution in [3.8, 4) is 0 Å². The number of hydrogen-bond acceptors (Lipinski definition) is 9. The van der Waals surface area contributed by atoms with Gasteiger partial charge in [0.15, 0.2) is 29.2 Å². The van der Waals surface area contributed by atoms with Gasteiger partial charge in [-0.15, -0.1) is 0 Å². The molecule has 150 valence electrons. The number of aliphatic hydroxyl groups excluding tert-OH is 1. The minimum absolute atomic E-state index is 0.561. The third-order valence-corrected chi connectivity index (χ3v) is 5.67. The fourth-order valence-corrected chi connectivity index (χ4v) is 4.14. The summed E-state index contributed by atoms with van der Waals surface area (Å²) in [5.74, 6) is -5.94. The Balaban J connectivity index is 4.25. The van der Waals surface area contributed by atoms with Crippen LogP contribution in [-0.2, 0) is 23.9 Å². The summed E-state index contributed by atoms with van der Waals surface area (Å²) >= 11 is 11.9. The van der Waals surface area contributed by atoms with Crippen LogP contribution in [0.1, 0.15) is 27.7 Å². The van der Waals surface area contributed by atoms with Crippen LogP contribution in [-0.4, -0.2) is 76.7 Å². The second-order valence-corrected chi connectivity index (χ2v) is 7.31. The van der Waals surface area contributed by atoms with Crippen molar-refractivity contribution in [3.63, 3.8) is 0 Å². The van der Waals surface area contributed by atoms with Gasteiger partial charge in [0.05, 0.1) is 0 Å². The molecule has 1 fully saturated rings. The lowest BCUT2D eigenvalue weighted by Crippen LogP contribution is -2.91. The molecule has 0 aromatic carbocycles. The summed E-state index contributed by atoms with van der Waals surface area (Å²) < 4.78 is 4.89. The molecule has 0 amide bonds. The van der Waals surface area contributed by atoms with Crippen LogP contribution in [0, 0.1) is 6.57 Å². The number of ketones is 4. The lowest BCUT2D eigenvalue weighted by atomic mass is 9.59. The lowest BCUT2D eigenvalue weighted by Gasteiger charge is -2.59. The van der Waals surface area contributed by atoms with Gasteiger partial charge in [0.2, 0.25) is 16.3 Å². The standard InChI is InChI=1S/C15H17Cl2NO9/c1-6(19)10(23)14(16)12(25,8(3)21)11(24,7(2)20)13(26,9(4)22)15(17,18-5)27-14/h10,23-26H,1-4H3/t10?,11-,12-,13+,14+,15-/m0/s1. The lowest BCUT2D eigenvalue weighted by molar-refractivity contribution is -0.342. The summed E-state index contributed by atoms with van der Waals surface area (Å²) in [6.45, 7) is 9.66. The van der Waals surface area contributed by atoms with Gasteiger partial charge < -0.3 is 20.4 Å². The summed E-state index contributed by atoms with van der Waals surface area (Å²) in [6, 6.07) is 0. The first-order chi connectivity index (χ1) is 12.0. The average Bonchev–Trinajstić information content (AvgIpc) is 2.56. The van der Waals surface area contributed by atoms with E-state index in [1.54, 1.807) is 0 Å². The van der Waals surface area contributed by atoms with Gasteiger partial charge >= 0.3 is 5.18 Å². The summed E-state index contributed by atoms with van der Waals surface area (Å²) in [7, 11) is 0. The minimum Gasteiger partial charge on any atom is -0.381 e. The molecule has 12 heteroatoms. The Morgan fingerprint density at radius 1 is 0.889 bits per heavy atom. The Morgan fingerprint density at radius 2 is 1.26 bits per heavy atom. The number of Topliss-reactive ketones (excluding diaryl/α,β-unsaturated/α-hetero) is 4. The van der Waals surface area contributed by atoms with Crippen LogP contribution < -0.4 is 0 Å². The molecule has 0 aromatic heterocycles. The van der Waals surface area contributed by atoms with Crippen LogP contribution in [0.5, 0.6) is 0 Å². The van der Waals surface area contributed by atoms with Crippen molar-refractivity contribution in [1.29, 1.82) is 0 Å². The number of ether oxygens (including phenoxy) is 1. The molecular weight excluding hydrogens is 409 g/mol. The Morgan fingerprint density at radius 3 is 1.52 bits per heavy atom. The zero-order valence-electron chi connectivity index (χ0n) is 14.6. The Hall–Kier alpha value is -1.45. The maximum Gasteiger partial charge on any atom is 0.459 e. The predicted octanol–water partition coefficient (Wildman–Crippen LogP) is -1.33. The Labute approximate surface area is 163 Å². The van der Waals surface area contributed by atoms with Gasteiger partial charge in [-0.2, -0.15) is 0 Å². The number of alkyl halides is 2. The van der Waals surface area contributed by atoms with Crippen molar-refractivity contribution in [2.75, 3.05) is 0 Å². The van der Waals surface area contributed by atoms with Crippen LogP contribution in [0.25, 0.3) is 4.85 Å². The van der Waals surface area contributed by atoms with Crippen molar-refractivity contribution in [2.45, 2.75) is 60.8 Å². The molecule has 1 aliphatic heterocycles. The average molecular weight is 426 g/mol. The van der Waals surface area contributed by atoms with Crippen LogP contribution in [0.3, 0.4) is 0 Å². The van der Waals surface area contributed by atoms with Crippen molar-refractivity contribution < 1.29 is 44.3 Å². The fourth-order valence-electron chi connectivity index (χ4n) is 3.17. The molecule has 4 N–H and O–H groups in total. The second-order valence-electron chi connectivity index (χ2n) is 6.23. The highest BCUT2D eigenvalue weighted by Crippen LogP contribution is 2.59. The number of hydrogen-bond donors (Lipinski definition) is 4. The first kappa shape index (κ1) is 23.6. The van der Waals surface area contributed by atoms with Gasteiger partial charge in [-0.25, -0.2) is 6.57 Å². The molecule has 27 heavy (non-hydrogen) atoms. The number of aliphatic hydroxyl groups is 4. The van der Waals surface area contributed by atoms with Crippen LogP contribution in [0.4, 0.5) is 0 Å². The molecule has 0 aliphatic carbocycles.